The maximum atomic E-state index is 12.1. The normalized spacial score (nSPS) is 13.7. The molecule has 0 saturated carbocycles. The molecular formula is C25H34N6O5. The second kappa shape index (κ2) is 11.7. The average Bonchev–Trinajstić information content (AvgIpc) is 2.80. The van der Waals surface area contributed by atoms with Crippen molar-refractivity contribution in [3.05, 3.63) is 47.5 Å². The van der Waals surface area contributed by atoms with Gasteiger partial charge in [-0.05, 0) is 50.5 Å². The lowest BCUT2D eigenvalue weighted by atomic mass is 9.94. The Balaban J connectivity index is 1.52. The molecule has 3 rings (SSSR count). The first-order valence-electron chi connectivity index (χ1n) is 11.7. The fourth-order valence-corrected chi connectivity index (χ4v) is 3.89. The van der Waals surface area contributed by atoms with Crippen molar-refractivity contribution in [2.75, 3.05) is 30.3 Å². The molecule has 1 aliphatic rings. The molecule has 2 amide bonds. The molecule has 1 aliphatic heterocycles. The van der Waals surface area contributed by atoms with Crippen LogP contribution < -0.4 is 32.2 Å². The van der Waals surface area contributed by atoms with Gasteiger partial charge in [0.05, 0.1) is 11.8 Å². The van der Waals surface area contributed by atoms with Crippen molar-refractivity contribution in [1.82, 2.24) is 5.32 Å². The average molecular weight is 499 g/mol. The number of β-amino-alcohol motifs (C(OH)–C–C–N with tert-alkyl or cyclic N) is 1. The summed E-state index contributed by atoms with van der Waals surface area (Å²) in [5, 5.41) is 29.6. The Kier molecular flexibility index (Phi) is 8.73. The number of aliphatic hydroxyl groups excluding tert-OH is 1. The van der Waals surface area contributed by atoms with E-state index in [1.165, 1.54) is 12.1 Å². The van der Waals surface area contributed by atoms with Crippen LogP contribution in [0.1, 0.15) is 43.9 Å². The summed E-state index contributed by atoms with van der Waals surface area (Å²) in [7, 11) is 0. The molecule has 1 atom stereocenters. The first-order valence-corrected chi connectivity index (χ1v) is 11.7. The summed E-state index contributed by atoms with van der Waals surface area (Å²) in [6.45, 7) is 4.49. The van der Waals surface area contributed by atoms with E-state index in [1.54, 1.807) is 0 Å². The lowest BCUT2D eigenvalue weighted by Gasteiger charge is -2.29. The Bertz CT molecular complexity index is 1110. The van der Waals surface area contributed by atoms with Gasteiger partial charge in [-0.25, -0.2) is 0 Å². The van der Waals surface area contributed by atoms with E-state index in [4.69, 9.17) is 16.2 Å². The number of ether oxygens (including phenoxy) is 1. The number of nitrogens with two attached hydrogens (primary N) is 2. The minimum atomic E-state index is -0.968. The highest BCUT2D eigenvalue weighted by Gasteiger charge is 2.26. The van der Waals surface area contributed by atoms with E-state index in [0.717, 1.165) is 5.56 Å². The minimum Gasteiger partial charge on any atom is -0.508 e. The number of aliphatic imine (C=N–C) groups is 1. The van der Waals surface area contributed by atoms with Gasteiger partial charge in [-0.3, -0.25) is 14.6 Å². The third-order valence-corrected chi connectivity index (χ3v) is 5.60. The molecule has 0 fully saturated rings. The van der Waals surface area contributed by atoms with E-state index in [2.05, 4.69) is 20.9 Å². The van der Waals surface area contributed by atoms with E-state index in [0.29, 0.717) is 48.5 Å². The number of anilines is 2. The number of hydrogen-bond acceptors (Lipinski definition) is 7. The molecule has 0 radical (unpaired) electrons. The highest BCUT2D eigenvalue weighted by molar-refractivity contribution is 5.96. The van der Waals surface area contributed by atoms with Gasteiger partial charge in [-0.1, -0.05) is 12.1 Å². The third kappa shape index (κ3) is 7.85. The van der Waals surface area contributed by atoms with Gasteiger partial charge < -0.3 is 42.4 Å². The monoisotopic (exact) mass is 498 g/mol. The number of guanidine groups is 1. The van der Waals surface area contributed by atoms with Crippen LogP contribution in [0.4, 0.5) is 11.4 Å². The maximum Gasteiger partial charge on any atom is 0.262 e. The number of rotatable bonds is 11. The Morgan fingerprint density at radius 1 is 1.25 bits per heavy atom. The molecule has 11 heteroatoms. The number of carbonyl (C=O) groups excluding carboxylic acids is 2. The van der Waals surface area contributed by atoms with Crippen LogP contribution in [0.25, 0.3) is 0 Å². The van der Waals surface area contributed by atoms with Gasteiger partial charge in [0.2, 0.25) is 5.91 Å². The van der Waals surface area contributed by atoms with Gasteiger partial charge in [0.1, 0.15) is 11.5 Å². The van der Waals surface area contributed by atoms with Crippen LogP contribution in [-0.2, 0) is 16.0 Å². The number of nitrogens with one attached hydrogen (secondary N) is 3. The second-order valence-electron chi connectivity index (χ2n) is 9.36. The number of carbonyl (C=O) groups is 2. The van der Waals surface area contributed by atoms with Gasteiger partial charge in [0.25, 0.3) is 5.91 Å². The molecule has 11 nitrogen and oxygen atoms in total. The lowest BCUT2D eigenvalue weighted by Crippen LogP contribution is -2.43. The summed E-state index contributed by atoms with van der Waals surface area (Å²) in [4.78, 5) is 27.5. The van der Waals surface area contributed by atoms with E-state index in [9.17, 15) is 19.8 Å². The molecule has 194 valence electrons. The molecule has 1 unspecified atom stereocenters. The Morgan fingerprint density at radius 2 is 1.97 bits per heavy atom. The molecule has 36 heavy (non-hydrogen) atoms. The maximum absolute atomic E-state index is 12.1. The van der Waals surface area contributed by atoms with Crippen LogP contribution in [0, 0.1) is 0 Å². The van der Waals surface area contributed by atoms with Crippen LogP contribution in [0.3, 0.4) is 0 Å². The molecule has 1 heterocycles. The van der Waals surface area contributed by atoms with E-state index >= 15 is 0 Å². The smallest absolute Gasteiger partial charge is 0.262 e. The summed E-state index contributed by atoms with van der Waals surface area (Å²) in [5.74, 6) is -0.133. The Hall–Kier alpha value is -3.83. The van der Waals surface area contributed by atoms with Crippen LogP contribution in [0.5, 0.6) is 11.5 Å². The number of aromatic hydroxyl groups is 1. The number of fused-ring (bicyclic) bond motifs is 1. The predicted molar refractivity (Wildman–Crippen MR) is 138 cm³/mol. The van der Waals surface area contributed by atoms with Gasteiger partial charge >= 0.3 is 0 Å². The largest absolute Gasteiger partial charge is 0.508 e. The van der Waals surface area contributed by atoms with Gasteiger partial charge in [0, 0.05) is 42.4 Å². The number of phenolic OH excluding ortho intramolecular Hbond substituents is 1. The molecule has 9 N–H and O–H groups in total. The first kappa shape index (κ1) is 26.8. The molecule has 2 aromatic carbocycles. The summed E-state index contributed by atoms with van der Waals surface area (Å²) in [5.41, 5.74) is 12.6. The van der Waals surface area contributed by atoms with E-state index in [-0.39, 0.29) is 42.2 Å². The first-order chi connectivity index (χ1) is 17.0. The molecule has 0 spiro atoms. The van der Waals surface area contributed by atoms with Gasteiger partial charge in [-0.2, -0.15) is 0 Å². The van der Waals surface area contributed by atoms with Crippen LogP contribution in [-0.4, -0.2) is 53.2 Å². The van der Waals surface area contributed by atoms with Crippen LogP contribution >= 0.6 is 0 Å². The summed E-state index contributed by atoms with van der Waals surface area (Å²) >= 11 is 0. The quantitative estimate of drug-likeness (QED) is 0.137. The SMILES string of the molecule is CC(C)(Cc1ccc(NC(=O)CCCN=C(N)N)cc1)NCC(O)c1cc(O)cc2c1OCC(=O)N2. The fraction of sp³-hybridized carbons (Fsp3) is 0.400. The molecule has 2 aromatic rings. The van der Waals surface area contributed by atoms with Gasteiger partial charge in [-0.15, -0.1) is 0 Å². The highest BCUT2D eigenvalue weighted by Crippen LogP contribution is 2.38. The lowest BCUT2D eigenvalue weighted by molar-refractivity contribution is -0.118. The number of hydrogen-bond donors (Lipinski definition) is 7. The number of amides is 2. The van der Waals surface area contributed by atoms with Crippen molar-refractivity contribution >= 4 is 29.1 Å². The van der Waals surface area contributed by atoms with Crippen molar-refractivity contribution in [1.29, 1.82) is 0 Å². The van der Waals surface area contributed by atoms with Crippen LogP contribution in [0.15, 0.2) is 41.4 Å². The van der Waals surface area contributed by atoms with Crippen LogP contribution in [0.2, 0.25) is 0 Å². The summed E-state index contributed by atoms with van der Waals surface area (Å²) in [6.07, 6.45) is 0.568. The zero-order valence-corrected chi connectivity index (χ0v) is 20.5. The topological polar surface area (TPSA) is 184 Å². The summed E-state index contributed by atoms with van der Waals surface area (Å²) in [6, 6.07) is 10.4. The molecule has 0 aliphatic carbocycles. The third-order valence-electron chi connectivity index (χ3n) is 5.60. The molecule has 0 saturated heterocycles. The van der Waals surface area contributed by atoms with Crippen molar-refractivity contribution in [2.45, 2.75) is 44.8 Å². The Morgan fingerprint density at radius 3 is 2.67 bits per heavy atom. The van der Waals surface area contributed by atoms with Crippen molar-refractivity contribution in [2.24, 2.45) is 16.5 Å². The minimum absolute atomic E-state index is 0.0141. The zero-order valence-electron chi connectivity index (χ0n) is 20.5. The van der Waals surface area contributed by atoms with E-state index < -0.39 is 6.10 Å². The fourth-order valence-electron chi connectivity index (χ4n) is 3.89. The Labute approximate surface area is 209 Å². The molecule has 0 bridgehead atoms. The highest BCUT2D eigenvalue weighted by atomic mass is 16.5. The number of phenols is 1. The van der Waals surface area contributed by atoms with Crippen molar-refractivity contribution < 1.29 is 24.5 Å². The second-order valence-corrected chi connectivity index (χ2v) is 9.36. The van der Waals surface area contributed by atoms with Crippen molar-refractivity contribution in [3.63, 3.8) is 0 Å². The number of aliphatic hydroxyl groups is 1. The van der Waals surface area contributed by atoms with E-state index in [1.807, 2.05) is 38.1 Å². The summed E-state index contributed by atoms with van der Waals surface area (Å²) < 4.78 is 5.49. The molecular weight excluding hydrogens is 464 g/mol. The zero-order chi connectivity index (χ0) is 26.3. The predicted octanol–water partition coefficient (Wildman–Crippen LogP) is 1.36. The standard InChI is InChI=1S/C25H34N6O5/c1-25(2,12-15-5-7-16(8-6-15)30-21(34)4-3-9-28-24(26)27)29-13-20(33)18-10-17(32)11-19-23(18)36-14-22(35)31-19/h5-8,10-11,20,29,32-33H,3-4,9,12-14H2,1-2H3,(H,30,34)(H,31,35)(H4,26,27,28). The van der Waals surface area contributed by atoms with Gasteiger partial charge in [0.15, 0.2) is 12.6 Å². The number of benzene rings is 2. The molecule has 0 aromatic heterocycles. The van der Waals surface area contributed by atoms with Crippen molar-refractivity contribution in [3.8, 4) is 11.5 Å². The number of nitrogens with zero attached hydrogens (tertiary/aromatic N) is 1.